The molecule has 0 unspecified atom stereocenters. The molecule has 1 atom stereocenters. The highest BCUT2D eigenvalue weighted by Gasteiger charge is 2.29. The molecule has 7 rings (SSSR count). The maximum atomic E-state index is 13.2. The zero-order valence-electron chi connectivity index (χ0n) is 24.3. The Bertz CT molecular complexity index is 2050. The Labute approximate surface area is 255 Å². The van der Waals surface area contributed by atoms with Crippen LogP contribution in [0, 0.1) is 6.92 Å². The van der Waals surface area contributed by atoms with Crippen molar-refractivity contribution in [1.29, 1.82) is 0 Å². The van der Waals surface area contributed by atoms with Crippen LogP contribution >= 0.6 is 0 Å². The highest BCUT2D eigenvalue weighted by atomic mass is 16.2. The van der Waals surface area contributed by atoms with Crippen LogP contribution in [-0.2, 0) is 25.9 Å². The minimum Gasteiger partial charge on any atom is -0.394 e. The van der Waals surface area contributed by atoms with Gasteiger partial charge in [0.1, 0.15) is 29.1 Å². The number of carbonyl (C=O) groups excluding carboxylic acids is 2. The van der Waals surface area contributed by atoms with E-state index in [9.17, 15) is 19.2 Å². The quantitative estimate of drug-likeness (QED) is 0.193. The molecule has 2 aromatic heterocycles. The monoisotopic (exact) mass is 604 g/mol. The van der Waals surface area contributed by atoms with Crippen LogP contribution in [0.3, 0.4) is 0 Å². The Hall–Kier alpha value is -5.79. The first-order valence-electron chi connectivity index (χ1n) is 14.5. The average Bonchev–Trinajstić information content (AvgIpc) is 3.75. The molecular weight excluding hydrogens is 576 g/mol. The van der Waals surface area contributed by atoms with Crippen LogP contribution in [0.4, 0.5) is 11.4 Å². The Balaban J connectivity index is 0.994. The number of hydrogen-bond donors (Lipinski definition) is 4. The van der Waals surface area contributed by atoms with Crippen molar-refractivity contribution in [3.8, 4) is 11.4 Å². The summed E-state index contributed by atoms with van der Waals surface area (Å²) in [6, 6.07) is 11.0. The summed E-state index contributed by atoms with van der Waals surface area (Å²) in [6.07, 6.45) is 3.43. The van der Waals surface area contributed by atoms with E-state index >= 15 is 0 Å². The lowest BCUT2D eigenvalue weighted by Crippen LogP contribution is -2.44. The van der Waals surface area contributed by atoms with Crippen LogP contribution < -0.4 is 32.1 Å². The molecule has 0 saturated carbocycles. The van der Waals surface area contributed by atoms with Crippen LogP contribution in [0.1, 0.15) is 66.8 Å². The Morgan fingerprint density at radius 2 is 1.84 bits per heavy atom. The zero-order chi connectivity index (χ0) is 31.2. The van der Waals surface area contributed by atoms with Crippen molar-refractivity contribution >= 4 is 23.2 Å². The lowest BCUT2D eigenvalue weighted by molar-refractivity contribution is 0.0931. The summed E-state index contributed by atoms with van der Waals surface area (Å²) in [6.45, 7) is 3.28. The van der Waals surface area contributed by atoms with E-state index in [0.29, 0.717) is 25.3 Å². The highest BCUT2D eigenvalue weighted by molar-refractivity contribution is 5.97. The van der Waals surface area contributed by atoms with Crippen molar-refractivity contribution in [3.63, 3.8) is 0 Å². The number of amides is 2. The molecule has 14 nitrogen and oxygen atoms in total. The SMILES string of the molecule is Cc1c(-c2nn[nH]n2)ccc2c1CC[C@@H]2NC(=O)c1cc(C(=O)NCc2ccc3c(c2)CN(c2c(N)c(=O)c2=O)CC3)ncn1. The number of hydrogen-bond acceptors (Lipinski definition) is 11. The summed E-state index contributed by atoms with van der Waals surface area (Å²) in [7, 11) is 0. The van der Waals surface area contributed by atoms with Gasteiger partial charge in [0.2, 0.25) is 5.82 Å². The molecule has 0 bridgehead atoms. The lowest BCUT2D eigenvalue weighted by atomic mass is 9.96. The molecule has 45 heavy (non-hydrogen) atoms. The van der Waals surface area contributed by atoms with Crippen LogP contribution in [0.2, 0.25) is 0 Å². The molecule has 3 aromatic carbocycles. The first kappa shape index (κ1) is 28.0. The van der Waals surface area contributed by atoms with Crippen LogP contribution in [0.15, 0.2) is 52.3 Å². The van der Waals surface area contributed by atoms with Crippen molar-refractivity contribution in [3.05, 3.63) is 108 Å². The number of benzene rings is 2. The van der Waals surface area contributed by atoms with E-state index in [0.717, 1.165) is 51.8 Å². The number of nitrogens with one attached hydrogen (secondary N) is 3. The third-order valence-electron chi connectivity index (χ3n) is 8.69. The lowest BCUT2D eigenvalue weighted by Gasteiger charge is -2.32. The molecule has 0 saturated heterocycles. The number of fused-ring (bicyclic) bond motifs is 2. The molecule has 2 amide bonds. The van der Waals surface area contributed by atoms with Crippen LogP contribution in [0.5, 0.6) is 0 Å². The van der Waals surface area contributed by atoms with Crippen molar-refractivity contribution in [1.82, 2.24) is 41.2 Å². The molecular formula is C31H28N10O4. The fraction of sp³-hybridized carbons (Fsp3) is 0.258. The number of carbonyl (C=O) groups is 2. The van der Waals surface area contributed by atoms with Gasteiger partial charge in [-0.25, -0.2) is 9.97 Å². The van der Waals surface area contributed by atoms with Gasteiger partial charge < -0.3 is 21.3 Å². The minimum atomic E-state index is -0.632. The van der Waals surface area contributed by atoms with Crippen molar-refractivity contribution in [2.75, 3.05) is 17.2 Å². The van der Waals surface area contributed by atoms with Gasteiger partial charge in [0.25, 0.3) is 22.7 Å². The molecule has 5 N–H and O–H groups in total. The predicted octanol–water partition coefficient (Wildman–Crippen LogP) is 1.05. The van der Waals surface area contributed by atoms with Crippen molar-refractivity contribution in [2.24, 2.45) is 0 Å². The molecule has 1 aliphatic carbocycles. The third kappa shape index (κ3) is 4.99. The predicted molar refractivity (Wildman–Crippen MR) is 163 cm³/mol. The molecule has 3 heterocycles. The number of aromatic amines is 1. The van der Waals surface area contributed by atoms with Crippen LogP contribution in [-0.4, -0.2) is 49.0 Å². The van der Waals surface area contributed by atoms with E-state index in [-0.39, 0.29) is 35.3 Å². The fourth-order valence-electron chi connectivity index (χ4n) is 6.28. The maximum absolute atomic E-state index is 13.2. The molecule has 226 valence electrons. The number of H-pyrrole nitrogens is 1. The second kappa shape index (κ2) is 11.0. The first-order chi connectivity index (χ1) is 21.8. The number of nitrogen functional groups attached to an aromatic ring is 1. The standard InChI is InChI=1S/C31H28N10O4/c1-15-19-6-7-22(21(19)5-4-20(15)29-37-39-40-38-29)36-31(45)24-11-23(34-14-35-24)30(44)33-12-16-2-3-17-8-9-41(13-18(17)10-16)26-25(32)27(42)28(26)43/h2-5,10-11,14,22H,6-9,12-13,32H2,1H3,(H,33,44)(H,36,45)(H,37,38,39,40)/t22-/m0/s1. The Kier molecular flexibility index (Phi) is 6.87. The van der Waals surface area contributed by atoms with Gasteiger partial charge in [-0.05, 0) is 64.8 Å². The molecule has 0 spiro atoms. The smallest absolute Gasteiger partial charge is 0.270 e. The van der Waals surface area contributed by atoms with Gasteiger partial charge in [-0.3, -0.25) is 19.2 Å². The van der Waals surface area contributed by atoms with Gasteiger partial charge in [-0.15, -0.1) is 10.2 Å². The van der Waals surface area contributed by atoms with Gasteiger partial charge in [-0.1, -0.05) is 30.3 Å². The van der Waals surface area contributed by atoms with Gasteiger partial charge in [0.05, 0.1) is 6.04 Å². The van der Waals surface area contributed by atoms with Gasteiger partial charge in [-0.2, -0.15) is 5.21 Å². The number of aromatic nitrogens is 6. The molecule has 2 aliphatic rings. The third-order valence-corrected chi connectivity index (χ3v) is 8.69. The summed E-state index contributed by atoms with van der Waals surface area (Å²) >= 11 is 0. The van der Waals surface area contributed by atoms with E-state index in [1.54, 1.807) is 0 Å². The van der Waals surface area contributed by atoms with E-state index in [4.69, 9.17) is 5.73 Å². The van der Waals surface area contributed by atoms with E-state index in [1.807, 2.05) is 42.2 Å². The minimum absolute atomic E-state index is 0.0171. The topological polar surface area (TPSA) is 202 Å². The number of anilines is 2. The molecule has 5 aromatic rings. The number of tetrazole rings is 1. The fourth-order valence-corrected chi connectivity index (χ4v) is 6.28. The Morgan fingerprint density at radius 3 is 2.62 bits per heavy atom. The number of nitrogens with zero attached hydrogens (tertiary/aromatic N) is 6. The summed E-state index contributed by atoms with van der Waals surface area (Å²) in [5, 5.41) is 20.2. The molecule has 14 heteroatoms. The average molecular weight is 605 g/mol. The van der Waals surface area contributed by atoms with E-state index in [2.05, 4.69) is 41.2 Å². The second-order valence-corrected chi connectivity index (χ2v) is 11.3. The second-order valence-electron chi connectivity index (χ2n) is 11.3. The van der Waals surface area contributed by atoms with E-state index in [1.165, 1.54) is 12.4 Å². The summed E-state index contributed by atoms with van der Waals surface area (Å²) < 4.78 is 0. The summed E-state index contributed by atoms with van der Waals surface area (Å²) in [5.41, 5.74) is 12.2. The van der Waals surface area contributed by atoms with Crippen molar-refractivity contribution < 1.29 is 9.59 Å². The van der Waals surface area contributed by atoms with Gasteiger partial charge in [0, 0.05) is 31.3 Å². The zero-order valence-corrected chi connectivity index (χ0v) is 24.3. The Morgan fingerprint density at radius 1 is 1.02 bits per heavy atom. The van der Waals surface area contributed by atoms with Gasteiger partial charge in [0.15, 0.2) is 0 Å². The van der Waals surface area contributed by atoms with Gasteiger partial charge >= 0.3 is 0 Å². The molecule has 0 radical (unpaired) electrons. The normalized spacial score (nSPS) is 15.5. The maximum Gasteiger partial charge on any atom is 0.270 e. The molecule has 0 fully saturated rings. The van der Waals surface area contributed by atoms with Crippen LogP contribution in [0.25, 0.3) is 11.4 Å². The largest absolute Gasteiger partial charge is 0.394 e. The first-order valence-corrected chi connectivity index (χ1v) is 14.5. The van der Waals surface area contributed by atoms with E-state index < -0.39 is 22.7 Å². The summed E-state index contributed by atoms with van der Waals surface area (Å²) in [4.78, 5) is 59.8. The summed E-state index contributed by atoms with van der Waals surface area (Å²) in [5.74, 6) is -0.319. The number of nitrogens with two attached hydrogens (primary N) is 1. The molecule has 1 aliphatic heterocycles. The van der Waals surface area contributed by atoms with Crippen molar-refractivity contribution in [2.45, 2.75) is 45.3 Å². The number of rotatable bonds is 7. The highest BCUT2D eigenvalue weighted by Crippen LogP contribution is 2.37.